The van der Waals surface area contributed by atoms with Crippen LogP contribution in [0.25, 0.3) is 0 Å². The highest BCUT2D eigenvalue weighted by Crippen LogP contribution is 2.22. The van der Waals surface area contributed by atoms with E-state index in [-0.39, 0.29) is 0 Å². The van der Waals surface area contributed by atoms with E-state index in [1.165, 1.54) is 0 Å². The van der Waals surface area contributed by atoms with E-state index in [0.717, 1.165) is 11.3 Å². The highest BCUT2D eigenvalue weighted by Gasteiger charge is 2.01. The fourth-order valence-electron chi connectivity index (χ4n) is 1.37. The lowest BCUT2D eigenvalue weighted by Gasteiger charge is -2.08. The molecule has 3 nitrogen and oxygen atoms in total. The lowest BCUT2D eigenvalue weighted by Crippen LogP contribution is -1.99. The zero-order valence-electron chi connectivity index (χ0n) is 8.87. The first-order valence-electron chi connectivity index (χ1n) is 4.90. The molecule has 4 heteroatoms. The molecule has 1 aromatic carbocycles. The Hall–Kier alpha value is -1.74. The summed E-state index contributed by atoms with van der Waals surface area (Å²) >= 11 is 5.80. The number of aromatic nitrogens is 1. The van der Waals surface area contributed by atoms with Gasteiger partial charge in [0.25, 0.3) is 0 Å². The molecule has 0 fully saturated rings. The van der Waals surface area contributed by atoms with Crippen LogP contribution in [0.3, 0.4) is 0 Å². The van der Waals surface area contributed by atoms with E-state index in [9.17, 15) is 0 Å². The van der Waals surface area contributed by atoms with Crippen molar-refractivity contribution in [2.45, 2.75) is 6.92 Å². The van der Waals surface area contributed by atoms with E-state index in [1.54, 1.807) is 6.20 Å². The largest absolute Gasteiger partial charge is 0.396 e. The number of rotatable bonds is 2. The standard InChI is InChI=1S/C12H12ClN3/c1-8-6-11(14)12(15-7-8)16-10-4-2-9(13)3-5-10/h2-7H,14H2,1H3,(H,15,16). The van der Waals surface area contributed by atoms with E-state index < -0.39 is 0 Å². The van der Waals surface area contributed by atoms with Crippen LogP contribution in [-0.4, -0.2) is 4.98 Å². The summed E-state index contributed by atoms with van der Waals surface area (Å²) in [7, 11) is 0. The summed E-state index contributed by atoms with van der Waals surface area (Å²) in [5.74, 6) is 0.660. The van der Waals surface area contributed by atoms with Gasteiger partial charge < -0.3 is 11.1 Å². The van der Waals surface area contributed by atoms with Crippen LogP contribution in [0.2, 0.25) is 5.02 Å². The SMILES string of the molecule is Cc1cnc(Nc2ccc(Cl)cc2)c(N)c1. The molecule has 82 valence electrons. The normalized spacial score (nSPS) is 10.1. The second-order valence-electron chi connectivity index (χ2n) is 3.58. The van der Waals surface area contributed by atoms with Crippen molar-refractivity contribution in [3.63, 3.8) is 0 Å². The van der Waals surface area contributed by atoms with Crippen LogP contribution < -0.4 is 11.1 Å². The molecule has 0 aliphatic rings. The molecule has 1 aromatic heterocycles. The molecular formula is C12H12ClN3. The number of nitrogens with one attached hydrogen (secondary N) is 1. The first kappa shape index (κ1) is 10.8. The van der Waals surface area contributed by atoms with Gasteiger partial charge in [0.15, 0.2) is 5.82 Å². The molecule has 2 rings (SSSR count). The van der Waals surface area contributed by atoms with Crippen molar-refractivity contribution in [3.05, 3.63) is 47.1 Å². The molecule has 0 saturated carbocycles. The highest BCUT2D eigenvalue weighted by atomic mass is 35.5. The van der Waals surface area contributed by atoms with E-state index in [4.69, 9.17) is 17.3 Å². The molecule has 1 heterocycles. The van der Waals surface area contributed by atoms with Gasteiger partial charge in [-0.1, -0.05) is 11.6 Å². The number of nitrogens with zero attached hydrogens (tertiary/aromatic N) is 1. The number of benzene rings is 1. The van der Waals surface area contributed by atoms with Crippen molar-refractivity contribution >= 4 is 28.8 Å². The molecule has 0 aliphatic heterocycles. The molecule has 0 saturated heterocycles. The first-order valence-corrected chi connectivity index (χ1v) is 5.27. The van der Waals surface area contributed by atoms with Gasteiger partial charge >= 0.3 is 0 Å². The van der Waals surface area contributed by atoms with Gasteiger partial charge in [-0.3, -0.25) is 0 Å². The van der Waals surface area contributed by atoms with Gasteiger partial charge in [0.2, 0.25) is 0 Å². The van der Waals surface area contributed by atoms with Crippen molar-refractivity contribution in [1.82, 2.24) is 4.98 Å². The van der Waals surface area contributed by atoms with Gasteiger partial charge in [0.1, 0.15) is 0 Å². The van der Waals surface area contributed by atoms with Gasteiger partial charge in [-0.25, -0.2) is 4.98 Å². The predicted molar refractivity (Wildman–Crippen MR) is 68.1 cm³/mol. The van der Waals surface area contributed by atoms with Crippen molar-refractivity contribution in [1.29, 1.82) is 0 Å². The summed E-state index contributed by atoms with van der Waals surface area (Å²) in [6.07, 6.45) is 1.77. The van der Waals surface area contributed by atoms with E-state index in [0.29, 0.717) is 16.5 Å². The summed E-state index contributed by atoms with van der Waals surface area (Å²) in [6, 6.07) is 9.26. The van der Waals surface area contributed by atoms with Crippen LogP contribution >= 0.6 is 11.6 Å². The second-order valence-corrected chi connectivity index (χ2v) is 4.02. The van der Waals surface area contributed by atoms with Crippen LogP contribution in [-0.2, 0) is 0 Å². The third-order valence-electron chi connectivity index (χ3n) is 2.16. The van der Waals surface area contributed by atoms with E-state index >= 15 is 0 Å². The number of hydrogen-bond donors (Lipinski definition) is 2. The molecular weight excluding hydrogens is 222 g/mol. The molecule has 0 spiro atoms. The molecule has 16 heavy (non-hydrogen) atoms. The van der Waals surface area contributed by atoms with E-state index in [2.05, 4.69) is 10.3 Å². The Bertz CT molecular complexity index is 494. The zero-order chi connectivity index (χ0) is 11.5. The molecule has 0 atom stereocenters. The fraction of sp³-hybridized carbons (Fsp3) is 0.0833. The first-order chi connectivity index (χ1) is 7.65. The molecule has 2 aromatic rings. The van der Waals surface area contributed by atoms with Crippen molar-refractivity contribution < 1.29 is 0 Å². The predicted octanol–water partition coefficient (Wildman–Crippen LogP) is 3.37. The molecule has 0 aliphatic carbocycles. The van der Waals surface area contributed by atoms with Crippen molar-refractivity contribution in [3.8, 4) is 0 Å². The van der Waals surface area contributed by atoms with Crippen LogP contribution in [0, 0.1) is 6.92 Å². The monoisotopic (exact) mass is 233 g/mol. The number of aryl methyl sites for hydroxylation is 1. The summed E-state index contributed by atoms with van der Waals surface area (Å²) < 4.78 is 0. The molecule has 0 amide bonds. The summed E-state index contributed by atoms with van der Waals surface area (Å²) in [5, 5.41) is 3.84. The highest BCUT2D eigenvalue weighted by molar-refractivity contribution is 6.30. The van der Waals surface area contributed by atoms with Gasteiger partial charge in [-0.05, 0) is 42.8 Å². The Kier molecular flexibility index (Phi) is 2.97. The van der Waals surface area contributed by atoms with Gasteiger partial charge in [-0.15, -0.1) is 0 Å². The molecule has 3 N–H and O–H groups in total. The number of pyridine rings is 1. The minimum absolute atomic E-state index is 0.634. The second kappa shape index (κ2) is 4.41. The summed E-state index contributed by atoms with van der Waals surface area (Å²) in [4.78, 5) is 4.23. The Morgan fingerprint density at radius 3 is 2.56 bits per heavy atom. The van der Waals surface area contributed by atoms with E-state index in [1.807, 2.05) is 37.3 Å². The quantitative estimate of drug-likeness (QED) is 0.836. The van der Waals surface area contributed by atoms with Gasteiger partial charge in [0, 0.05) is 16.9 Å². The molecule has 0 radical (unpaired) electrons. The van der Waals surface area contributed by atoms with Crippen LogP contribution in [0.5, 0.6) is 0 Å². The summed E-state index contributed by atoms with van der Waals surface area (Å²) in [5.41, 5.74) is 8.43. The average Bonchev–Trinajstić information content (AvgIpc) is 2.25. The third-order valence-corrected chi connectivity index (χ3v) is 2.41. The number of nitrogen functional groups attached to an aromatic ring is 1. The van der Waals surface area contributed by atoms with Crippen LogP contribution in [0.1, 0.15) is 5.56 Å². The Morgan fingerprint density at radius 1 is 1.25 bits per heavy atom. The Balaban J connectivity index is 2.23. The number of hydrogen-bond acceptors (Lipinski definition) is 3. The maximum Gasteiger partial charge on any atom is 0.153 e. The molecule has 0 unspecified atom stereocenters. The Morgan fingerprint density at radius 2 is 1.94 bits per heavy atom. The average molecular weight is 234 g/mol. The summed E-state index contributed by atoms with van der Waals surface area (Å²) in [6.45, 7) is 1.95. The third kappa shape index (κ3) is 2.44. The smallest absolute Gasteiger partial charge is 0.153 e. The number of nitrogens with two attached hydrogens (primary N) is 1. The topological polar surface area (TPSA) is 50.9 Å². The van der Waals surface area contributed by atoms with Crippen molar-refractivity contribution in [2.75, 3.05) is 11.1 Å². The maximum absolute atomic E-state index is 5.85. The minimum atomic E-state index is 0.634. The molecule has 0 bridgehead atoms. The number of halogens is 1. The van der Waals surface area contributed by atoms with Crippen LogP contribution in [0.4, 0.5) is 17.2 Å². The van der Waals surface area contributed by atoms with Gasteiger partial charge in [-0.2, -0.15) is 0 Å². The van der Waals surface area contributed by atoms with Gasteiger partial charge in [0.05, 0.1) is 5.69 Å². The van der Waals surface area contributed by atoms with Crippen LogP contribution in [0.15, 0.2) is 36.5 Å². The van der Waals surface area contributed by atoms with Crippen molar-refractivity contribution in [2.24, 2.45) is 0 Å². The Labute approximate surface area is 99.3 Å². The lowest BCUT2D eigenvalue weighted by molar-refractivity contribution is 1.26. The maximum atomic E-state index is 5.85. The fourth-order valence-corrected chi connectivity index (χ4v) is 1.49. The zero-order valence-corrected chi connectivity index (χ0v) is 9.62. The minimum Gasteiger partial charge on any atom is -0.396 e. The lowest BCUT2D eigenvalue weighted by atomic mass is 10.2. The number of anilines is 3.